The van der Waals surface area contributed by atoms with Gasteiger partial charge in [-0.15, -0.1) is 0 Å². The Morgan fingerprint density at radius 2 is 2.19 bits per heavy atom. The van der Waals surface area contributed by atoms with Crippen molar-refractivity contribution in [3.05, 3.63) is 18.7 Å². The number of hydrogen-bond acceptors (Lipinski definition) is 2. The van der Waals surface area contributed by atoms with Gasteiger partial charge in [-0.25, -0.2) is 9.78 Å². The Kier molecular flexibility index (Phi) is 5.39. The second-order valence-corrected chi connectivity index (χ2v) is 3.99. The lowest BCUT2D eigenvalue weighted by Gasteiger charge is -2.11. The number of urea groups is 1. The molecule has 0 bridgehead atoms. The predicted octanol–water partition coefficient (Wildman–Crippen LogP) is 1.32. The van der Waals surface area contributed by atoms with E-state index in [1.807, 2.05) is 12.5 Å². The molecule has 1 aromatic rings. The van der Waals surface area contributed by atoms with Crippen LogP contribution in [0.4, 0.5) is 4.79 Å². The third kappa shape index (κ3) is 4.82. The standard InChI is InChI=1S/C11H20N4O/c1-14(2)11(16)13-6-4-3-5-8-15-9-7-12-10-15/h7,9-10H,3-6,8H2,1-2H3,(H,13,16). The van der Waals surface area contributed by atoms with E-state index in [2.05, 4.69) is 14.9 Å². The molecule has 1 heterocycles. The maximum absolute atomic E-state index is 11.2. The number of nitrogens with one attached hydrogen (secondary N) is 1. The molecule has 0 radical (unpaired) electrons. The highest BCUT2D eigenvalue weighted by molar-refractivity contribution is 5.73. The summed E-state index contributed by atoms with van der Waals surface area (Å²) >= 11 is 0. The number of amides is 2. The normalized spacial score (nSPS) is 10.1. The highest BCUT2D eigenvalue weighted by atomic mass is 16.2. The highest BCUT2D eigenvalue weighted by Gasteiger charge is 2.00. The van der Waals surface area contributed by atoms with E-state index in [4.69, 9.17) is 0 Å². The topological polar surface area (TPSA) is 50.2 Å². The quantitative estimate of drug-likeness (QED) is 0.741. The van der Waals surface area contributed by atoms with Gasteiger partial charge in [0, 0.05) is 39.6 Å². The van der Waals surface area contributed by atoms with Gasteiger partial charge >= 0.3 is 6.03 Å². The van der Waals surface area contributed by atoms with Crippen molar-refractivity contribution in [3.8, 4) is 0 Å². The molecule has 0 saturated carbocycles. The van der Waals surface area contributed by atoms with Gasteiger partial charge in [-0.05, 0) is 19.3 Å². The molecule has 1 N–H and O–H groups in total. The van der Waals surface area contributed by atoms with Crippen LogP contribution in [0.5, 0.6) is 0 Å². The zero-order valence-corrected chi connectivity index (χ0v) is 10.0. The van der Waals surface area contributed by atoms with E-state index in [0.717, 1.165) is 32.4 Å². The molecule has 1 rings (SSSR count). The van der Waals surface area contributed by atoms with Crippen LogP contribution in [0.2, 0.25) is 0 Å². The van der Waals surface area contributed by atoms with Crippen molar-refractivity contribution < 1.29 is 4.79 Å². The van der Waals surface area contributed by atoms with E-state index in [-0.39, 0.29) is 6.03 Å². The lowest BCUT2D eigenvalue weighted by molar-refractivity contribution is 0.217. The Bertz CT molecular complexity index is 295. The van der Waals surface area contributed by atoms with Crippen molar-refractivity contribution in [3.63, 3.8) is 0 Å². The van der Waals surface area contributed by atoms with Gasteiger partial charge in [0.25, 0.3) is 0 Å². The van der Waals surface area contributed by atoms with Crippen LogP contribution in [0.3, 0.4) is 0 Å². The maximum Gasteiger partial charge on any atom is 0.316 e. The molecule has 16 heavy (non-hydrogen) atoms. The Balaban J connectivity index is 1.94. The Morgan fingerprint density at radius 1 is 1.38 bits per heavy atom. The van der Waals surface area contributed by atoms with Gasteiger partial charge in [-0.3, -0.25) is 0 Å². The summed E-state index contributed by atoms with van der Waals surface area (Å²) in [6.45, 7) is 1.75. The minimum absolute atomic E-state index is 0.0189. The average Bonchev–Trinajstić information content (AvgIpc) is 2.75. The molecule has 90 valence electrons. The van der Waals surface area contributed by atoms with Crippen molar-refractivity contribution in [2.75, 3.05) is 20.6 Å². The first-order valence-corrected chi connectivity index (χ1v) is 5.61. The number of carbonyl (C=O) groups is 1. The SMILES string of the molecule is CN(C)C(=O)NCCCCCn1ccnc1. The lowest BCUT2D eigenvalue weighted by atomic mass is 10.2. The first-order valence-electron chi connectivity index (χ1n) is 5.61. The molecule has 0 fully saturated rings. The number of aryl methyl sites for hydroxylation is 1. The third-order valence-corrected chi connectivity index (χ3v) is 2.33. The molecule has 0 aliphatic rings. The molecule has 2 amide bonds. The lowest BCUT2D eigenvalue weighted by Crippen LogP contribution is -2.34. The van der Waals surface area contributed by atoms with Gasteiger partial charge in [-0.1, -0.05) is 0 Å². The van der Waals surface area contributed by atoms with Crippen molar-refractivity contribution in [2.45, 2.75) is 25.8 Å². The monoisotopic (exact) mass is 224 g/mol. The Labute approximate surface area is 96.5 Å². The molecule has 0 aliphatic carbocycles. The molecule has 0 aliphatic heterocycles. The predicted molar refractivity (Wildman–Crippen MR) is 63.2 cm³/mol. The Morgan fingerprint density at radius 3 is 2.81 bits per heavy atom. The van der Waals surface area contributed by atoms with E-state index >= 15 is 0 Å². The van der Waals surface area contributed by atoms with Crippen molar-refractivity contribution in [2.24, 2.45) is 0 Å². The van der Waals surface area contributed by atoms with E-state index in [0.29, 0.717) is 0 Å². The Hall–Kier alpha value is -1.52. The number of unbranched alkanes of at least 4 members (excludes halogenated alkanes) is 2. The molecule has 0 aromatic carbocycles. The third-order valence-electron chi connectivity index (χ3n) is 2.33. The summed E-state index contributed by atoms with van der Waals surface area (Å²) in [5, 5.41) is 2.84. The van der Waals surface area contributed by atoms with Gasteiger partial charge in [-0.2, -0.15) is 0 Å². The molecule has 5 heteroatoms. The highest BCUT2D eigenvalue weighted by Crippen LogP contribution is 1.98. The minimum atomic E-state index is -0.0189. The van der Waals surface area contributed by atoms with E-state index < -0.39 is 0 Å². The fourth-order valence-electron chi connectivity index (χ4n) is 1.37. The molecule has 0 spiro atoms. The summed E-state index contributed by atoms with van der Waals surface area (Å²) in [7, 11) is 3.49. The van der Waals surface area contributed by atoms with Crippen molar-refractivity contribution >= 4 is 6.03 Å². The molecule has 0 unspecified atom stereocenters. The van der Waals surface area contributed by atoms with Crippen LogP contribution in [0.1, 0.15) is 19.3 Å². The van der Waals surface area contributed by atoms with Gasteiger partial charge in [0.05, 0.1) is 6.33 Å². The van der Waals surface area contributed by atoms with Gasteiger partial charge < -0.3 is 14.8 Å². The van der Waals surface area contributed by atoms with Crippen LogP contribution < -0.4 is 5.32 Å². The summed E-state index contributed by atoms with van der Waals surface area (Å²) in [5.74, 6) is 0. The van der Waals surface area contributed by atoms with E-state index in [1.54, 1.807) is 25.2 Å². The fourth-order valence-corrected chi connectivity index (χ4v) is 1.37. The molecular formula is C11H20N4O. The first-order chi connectivity index (χ1) is 7.70. The molecular weight excluding hydrogens is 204 g/mol. The number of nitrogens with zero attached hydrogens (tertiary/aromatic N) is 3. The van der Waals surface area contributed by atoms with Crippen LogP contribution in [0.25, 0.3) is 0 Å². The molecule has 0 saturated heterocycles. The second-order valence-electron chi connectivity index (χ2n) is 3.99. The van der Waals surface area contributed by atoms with E-state index in [9.17, 15) is 4.79 Å². The van der Waals surface area contributed by atoms with Crippen LogP contribution in [-0.4, -0.2) is 41.1 Å². The summed E-state index contributed by atoms with van der Waals surface area (Å²) < 4.78 is 2.07. The zero-order chi connectivity index (χ0) is 11.8. The van der Waals surface area contributed by atoms with Crippen LogP contribution in [-0.2, 0) is 6.54 Å². The zero-order valence-electron chi connectivity index (χ0n) is 10.0. The van der Waals surface area contributed by atoms with Gasteiger partial charge in [0.15, 0.2) is 0 Å². The first kappa shape index (κ1) is 12.5. The van der Waals surface area contributed by atoms with Gasteiger partial charge in [0.2, 0.25) is 0 Å². The summed E-state index contributed by atoms with van der Waals surface area (Å²) in [5.41, 5.74) is 0. The van der Waals surface area contributed by atoms with E-state index in [1.165, 1.54) is 0 Å². The van der Waals surface area contributed by atoms with Crippen molar-refractivity contribution in [1.29, 1.82) is 0 Å². The molecule has 0 atom stereocenters. The number of rotatable bonds is 6. The second kappa shape index (κ2) is 6.87. The summed E-state index contributed by atoms with van der Waals surface area (Å²) in [6, 6.07) is -0.0189. The summed E-state index contributed by atoms with van der Waals surface area (Å²) in [6.07, 6.45) is 8.84. The average molecular weight is 224 g/mol. The summed E-state index contributed by atoms with van der Waals surface area (Å²) in [4.78, 5) is 16.7. The van der Waals surface area contributed by atoms with Crippen LogP contribution in [0.15, 0.2) is 18.7 Å². The number of carbonyl (C=O) groups excluding carboxylic acids is 1. The van der Waals surface area contributed by atoms with Crippen LogP contribution >= 0.6 is 0 Å². The largest absolute Gasteiger partial charge is 0.338 e. The minimum Gasteiger partial charge on any atom is -0.338 e. The van der Waals surface area contributed by atoms with Crippen molar-refractivity contribution in [1.82, 2.24) is 19.8 Å². The fraction of sp³-hybridized carbons (Fsp3) is 0.636. The van der Waals surface area contributed by atoms with Gasteiger partial charge in [0.1, 0.15) is 0 Å². The number of imidazole rings is 1. The maximum atomic E-state index is 11.2. The molecule has 1 aromatic heterocycles. The van der Waals surface area contributed by atoms with Crippen LogP contribution in [0, 0.1) is 0 Å². The number of hydrogen-bond donors (Lipinski definition) is 1. The molecule has 5 nitrogen and oxygen atoms in total. The smallest absolute Gasteiger partial charge is 0.316 e. The number of aromatic nitrogens is 2.